The fourth-order valence-corrected chi connectivity index (χ4v) is 3.66. The molecule has 4 rings (SSSR count). The number of fused-ring (bicyclic) bond motifs is 1. The van der Waals surface area contributed by atoms with Crippen LogP contribution in [0, 0.1) is 0 Å². The maximum absolute atomic E-state index is 6.01. The molecule has 0 radical (unpaired) electrons. The van der Waals surface area contributed by atoms with Crippen molar-refractivity contribution in [2.45, 2.75) is 32.1 Å². The lowest BCUT2D eigenvalue weighted by Gasteiger charge is -2.18. The summed E-state index contributed by atoms with van der Waals surface area (Å²) in [6, 6.07) is 20.5. The number of pyridine rings is 1. The molecular weight excluding hydrogens is 359 g/mol. The molecule has 1 aliphatic heterocycles. The van der Waals surface area contributed by atoms with Gasteiger partial charge in [0.2, 0.25) is 0 Å². The summed E-state index contributed by atoms with van der Waals surface area (Å²) in [6.07, 6.45) is 9.66. The summed E-state index contributed by atoms with van der Waals surface area (Å²) in [5, 5.41) is 0. The van der Waals surface area contributed by atoms with Crippen molar-refractivity contribution in [3.05, 3.63) is 78.6 Å². The van der Waals surface area contributed by atoms with E-state index in [1.165, 1.54) is 36.9 Å². The van der Waals surface area contributed by atoms with Crippen molar-refractivity contribution in [2.24, 2.45) is 0 Å². The molecule has 0 aliphatic carbocycles. The van der Waals surface area contributed by atoms with E-state index in [1.54, 1.807) is 0 Å². The molecule has 4 nitrogen and oxygen atoms in total. The molecule has 1 aromatic heterocycles. The molecule has 3 aromatic rings. The van der Waals surface area contributed by atoms with Gasteiger partial charge in [-0.05, 0) is 49.1 Å². The lowest BCUT2D eigenvalue weighted by Crippen LogP contribution is -2.38. The summed E-state index contributed by atoms with van der Waals surface area (Å²) >= 11 is 0. The predicted octanol–water partition coefficient (Wildman–Crippen LogP) is 4.49. The van der Waals surface area contributed by atoms with Crippen LogP contribution in [0.3, 0.4) is 0 Å². The highest BCUT2D eigenvalue weighted by Gasteiger charge is 2.33. The van der Waals surface area contributed by atoms with Gasteiger partial charge in [-0.2, -0.15) is 0 Å². The lowest BCUT2D eigenvalue weighted by atomic mass is 9.79. The van der Waals surface area contributed by atoms with Crippen molar-refractivity contribution in [2.75, 3.05) is 18.5 Å². The van der Waals surface area contributed by atoms with Crippen LogP contribution in [0.5, 0.6) is 11.5 Å². The standard InChI is InChI=1S/C24H27BN2O2/c1-27(22-14-16-26-17-15-22)18-8-3-2-5-9-20-12-13-23-24(19-20)29-25(28-23)21-10-6-4-7-11-21/h4,6-7,10-17,19H,2-3,5,8-9,18H2,1H3. The lowest BCUT2D eigenvalue weighted by molar-refractivity contribution is 0.518. The van der Waals surface area contributed by atoms with Crippen LogP contribution < -0.4 is 19.7 Å². The number of hydrogen-bond acceptors (Lipinski definition) is 4. The molecule has 0 spiro atoms. The minimum absolute atomic E-state index is 0.334. The van der Waals surface area contributed by atoms with Crippen molar-refractivity contribution >= 4 is 18.3 Å². The average Bonchev–Trinajstić information content (AvgIpc) is 3.21. The van der Waals surface area contributed by atoms with Gasteiger partial charge in [0.15, 0.2) is 0 Å². The van der Waals surface area contributed by atoms with Crippen LogP contribution >= 0.6 is 0 Å². The Balaban J connectivity index is 1.18. The molecule has 0 saturated heterocycles. The Bertz CT molecular complexity index is 905. The van der Waals surface area contributed by atoms with E-state index in [9.17, 15) is 0 Å². The van der Waals surface area contributed by atoms with E-state index >= 15 is 0 Å². The zero-order valence-electron chi connectivity index (χ0n) is 17.0. The largest absolute Gasteiger partial charge is 0.632 e. The van der Waals surface area contributed by atoms with Gasteiger partial charge in [0.25, 0.3) is 0 Å². The summed E-state index contributed by atoms with van der Waals surface area (Å²) < 4.78 is 11.9. The quantitative estimate of drug-likeness (QED) is 0.401. The van der Waals surface area contributed by atoms with Gasteiger partial charge in [-0.3, -0.25) is 4.98 Å². The molecule has 0 bridgehead atoms. The van der Waals surface area contributed by atoms with E-state index in [2.05, 4.69) is 41.2 Å². The number of unbranched alkanes of at least 4 members (excludes halogenated alkanes) is 3. The molecule has 1 aliphatic rings. The van der Waals surface area contributed by atoms with E-state index in [-0.39, 0.29) is 7.12 Å². The topological polar surface area (TPSA) is 34.6 Å². The Morgan fingerprint density at radius 1 is 0.828 bits per heavy atom. The third kappa shape index (κ3) is 5.11. The average molecular weight is 386 g/mol. The zero-order chi connectivity index (χ0) is 19.9. The number of hydrogen-bond donors (Lipinski definition) is 0. The molecule has 148 valence electrons. The third-order valence-corrected chi connectivity index (χ3v) is 5.36. The molecule has 0 amide bonds. The maximum Gasteiger partial charge on any atom is 0.632 e. The molecular formula is C24H27BN2O2. The molecule has 2 heterocycles. The first-order valence-electron chi connectivity index (χ1n) is 10.4. The molecule has 0 N–H and O–H groups in total. The first kappa shape index (κ1) is 19.4. The second-order valence-electron chi connectivity index (χ2n) is 7.55. The van der Waals surface area contributed by atoms with E-state index < -0.39 is 0 Å². The predicted molar refractivity (Wildman–Crippen MR) is 119 cm³/mol. The van der Waals surface area contributed by atoms with Gasteiger partial charge in [0, 0.05) is 37.1 Å². The molecule has 29 heavy (non-hydrogen) atoms. The summed E-state index contributed by atoms with van der Waals surface area (Å²) in [5.74, 6) is 1.69. The number of anilines is 1. The van der Waals surface area contributed by atoms with Gasteiger partial charge in [0.05, 0.1) is 0 Å². The Hall–Kier alpha value is -2.95. The Labute approximate surface area is 173 Å². The number of benzene rings is 2. The second-order valence-corrected chi connectivity index (χ2v) is 7.55. The van der Waals surface area contributed by atoms with Crippen LogP contribution in [-0.4, -0.2) is 25.7 Å². The van der Waals surface area contributed by atoms with Crippen molar-refractivity contribution < 1.29 is 9.31 Å². The Kier molecular flexibility index (Phi) is 6.35. The second kappa shape index (κ2) is 9.50. The van der Waals surface area contributed by atoms with E-state index in [0.717, 1.165) is 29.9 Å². The number of aromatic nitrogens is 1. The van der Waals surface area contributed by atoms with Crippen molar-refractivity contribution in [3.63, 3.8) is 0 Å². The van der Waals surface area contributed by atoms with E-state index in [4.69, 9.17) is 9.31 Å². The van der Waals surface area contributed by atoms with Crippen LogP contribution in [-0.2, 0) is 6.42 Å². The van der Waals surface area contributed by atoms with Gasteiger partial charge < -0.3 is 14.2 Å². The van der Waals surface area contributed by atoms with Crippen molar-refractivity contribution in [1.82, 2.24) is 4.98 Å². The first-order valence-corrected chi connectivity index (χ1v) is 10.4. The minimum atomic E-state index is -0.334. The summed E-state index contributed by atoms with van der Waals surface area (Å²) in [7, 11) is 1.81. The maximum atomic E-state index is 6.01. The Morgan fingerprint density at radius 2 is 1.59 bits per heavy atom. The fourth-order valence-electron chi connectivity index (χ4n) is 3.66. The highest BCUT2D eigenvalue weighted by atomic mass is 16.6. The molecule has 0 saturated carbocycles. The van der Waals surface area contributed by atoms with Gasteiger partial charge in [-0.15, -0.1) is 0 Å². The van der Waals surface area contributed by atoms with Crippen LogP contribution in [0.1, 0.15) is 31.2 Å². The highest BCUT2D eigenvalue weighted by molar-refractivity contribution is 6.63. The molecule has 0 unspecified atom stereocenters. The van der Waals surface area contributed by atoms with E-state index in [1.807, 2.05) is 48.8 Å². The molecule has 2 aromatic carbocycles. The zero-order valence-corrected chi connectivity index (χ0v) is 17.0. The van der Waals surface area contributed by atoms with Gasteiger partial charge in [-0.25, -0.2) is 0 Å². The SMILES string of the molecule is CN(CCCCCCc1ccc2c(c1)OB(c1ccccc1)O2)c1ccncc1. The van der Waals surface area contributed by atoms with Crippen LogP contribution in [0.15, 0.2) is 73.1 Å². The number of rotatable bonds is 9. The fraction of sp³-hybridized carbons (Fsp3) is 0.292. The smallest absolute Gasteiger partial charge is 0.519 e. The molecule has 0 fully saturated rings. The number of nitrogens with zero attached hydrogens (tertiary/aromatic N) is 2. The summed E-state index contributed by atoms with van der Waals surface area (Å²) in [5.41, 5.74) is 3.59. The third-order valence-electron chi connectivity index (χ3n) is 5.36. The highest BCUT2D eigenvalue weighted by Crippen LogP contribution is 2.34. The molecule has 0 atom stereocenters. The van der Waals surface area contributed by atoms with Crippen LogP contribution in [0.2, 0.25) is 0 Å². The summed E-state index contributed by atoms with van der Waals surface area (Å²) in [6.45, 7) is 1.08. The van der Waals surface area contributed by atoms with Crippen LogP contribution in [0.25, 0.3) is 0 Å². The van der Waals surface area contributed by atoms with Crippen molar-refractivity contribution in [1.29, 1.82) is 0 Å². The van der Waals surface area contributed by atoms with Crippen LogP contribution in [0.4, 0.5) is 5.69 Å². The van der Waals surface area contributed by atoms with Gasteiger partial charge in [-0.1, -0.05) is 49.2 Å². The van der Waals surface area contributed by atoms with Gasteiger partial charge >= 0.3 is 7.12 Å². The molecule has 5 heteroatoms. The van der Waals surface area contributed by atoms with Crippen molar-refractivity contribution in [3.8, 4) is 11.5 Å². The summed E-state index contributed by atoms with van der Waals surface area (Å²) in [4.78, 5) is 6.37. The van der Waals surface area contributed by atoms with Gasteiger partial charge in [0.1, 0.15) is 11.5 Å². The normalized spacial score (nSPS) is 12.2. The number of aryl methyl sites for hydroxylation is 1. The monoisotopic (exact) mass is 386 g/mol. The minimum Gasteiger partial charge on any atom is -0.519 e. The Morgan fingerprint density at radius 3 is 2.41 bits per heavy atom. The first-order chi connectivity index (χ1) is 14.3. The van der Waals surface area contributed by atoms with E-state index in [0.29, 0.717) is 0 Å².